The van der Waals surface area contributed by atoms with E-state index in [-0.39, 0.29) is 29.5 Å². The Bertz CT molecular complexity index is 631. The number of likely N-dealkylation sites (tertiary alicyclic amines) is 1. The molecule has 3 heterocycles. The van der Waals surface area contributed by atoms with E-state index in [2.05, 4.69) is 32.1 Å². The standard InChI is InChI=1S/C19H31N3O4/c1-18(2,3)22-11-14(10-20-22)16-19(6-8-26-9-7-19)13-21(16)17(23)15(25-5)12-24-4/h10-11,15-16H,6-9,12-13H2,1-5H3. The fourth-order valence-electron chi connectivity index (χ4n) is 4.10. The molecule has 2 fully saturated rings. The Morgan fingerprint density at radius 2 is 2.08 bits per heavy atom. The molecule has 3 rings (SSSR count). The Kier molecular flexibility index (Phi) is 5.42. The van der Waals surface area contributed by atoms with Gasteiger partial charge in [0.15, 0.2) is 6.10 Å². The van der Waals surface area contributed by atoms with Crippen molar-refractivity contribution in [3.05, 3.63) is 18.0 Å². The summed E-state index contributed by atoms with van der Waals surface area (Å²) in [6.45, 7) is 8.86. The minimum Gasteiger partial charge on any atom is -0.381 e. The Balaban J connectivity index is 1.89. The van der Waals surface area contributed by atoms with Crippen LogP contribution in [0, 0.1) is 5.41 Å². The molecule has 26 heavy (non-hydrogen) atoms. The maximum absolute atomic E-state index is 13.0. The van der Waals surface area contributed by atoms with E-state index in [1.807, 2.05) is 15.8 Å². The van der Waals surface area contributed by atoms with E-state index in [0.29, 0.717) is 0 Å². The number of carbonyl (C=O) groups is 1. The van der Waals surface area contributed by atoms with E-state index in [4.69, 9.17) is 14.2 Å². The Morgan fingerprint density at radius 3 is 2.62 bits per heavy atom. The molecule has 0 saturated carbocycles. The van der Waals surface area contributed by atoms with Crippen LogP contribution >= 0.6 is 0 Å². The van der Waals surface area contributed by atoms with Crippen molar-refractivity contribution in [3.8, 4) is 0 Å². The summed E-state index contributed by atoms with van der Waals surface area (Å²) >= 11 is 0. The molecule has 146 valence electrons. The van der Waals surface area contributed by atoms with Crippen molar-refractivity contribution in [1.82, 2.24) is 14.7 Å². The number of hydrogen-bond acceptors (Lipinski definition) is 5. The first-order valence-electron chi connectivity index (χ1n) is 9.27. The van der Waals surface area contributed by atoms with E-state index in [1.54, 1.807) is 14.2 Å². The monoisotopic (exact) mass is 365 g/mol. The van der Waals surface area contributed by atoms with E-state index in [1.165, 1.54) is 0 Å². The Labute approximate surface area is 155 Å². The van der Waals surface area contributed by atoms with Crippen LogP contribution in [-0.4, -0.2) is 67.3 Å². The molecule has 2 atom stereocenters. The van der Waals surface area contributed by atoms with Crippen LogP contribution in [0.2, 0.25) is 0 Å². The number of amides is 1. The van der Waals surface area contributed by atoms with Crippen molar-refractivity contribution in [2.75, 3.05) is 40.6 Å². The first kappa shape index (κ1) is 19.3. The highest BCUT2D eigenvalue weighted by molar-refractivity contribution is 5.82. The second kappa shape index (κ2) is 7.29. The smallest absolute Gasteiger partial charge is 0.254 e. The summed E-state index contributed by atoms with van der Waals surface area (Å²) in [5.41, 5.74) is 1.07. The summed E-state index contributed by atoms with van der Waals surface area (Å²) in [6, 6.07) is 0.0181. The van der Waals surface area contributed by atoms with Crippen molar-refractivity contribution < 1.29 is 19.0 Å². The van der Waals surface area contributed by atoms with E-state index in [0.717, 1.165) is 38.2 Å². The molecule has 2 unspecified atom stereocenters. The van der Waals surface area contributed by atoms with Gasteiger partial charge in [-0.25, -0.2) is 0 Å². The van der Waals surface area contributed by atoms with Crippen LogP contribution in [0.25, 0.3) is 0 Å². The largest absolute Gasteiger partial charge is 0.381 e. The lowest BCUT2D eigenvalue weighted by Gasteiger charge is -2.59. The molecule has 0 radical (unpaired) electrons. The molecule has 2 saturated heterocycles. The normalized spacial score (nSPS) is 23.7. The molecule has 2 aliphatic heterocycles. The highest BCUT2D eigenvalue weighted by Crippen LogP contribution is 2.55. The van der Waals surface area contributed by atoms with Crippen LogP contribution < -0.4 is 0 Å². The third-order valence-electron chi connectivity index (χ3n) is 5.63. The number of ether oxygens (including phenoxy) is 3. The molecular formula is C19H31N3O4. The van der Waals surface area contributed by atoms with E-state index in [9.17, 15) is 4.79 Å². The molecule has 0 bridgehead atoms. The van der Waals surface area contributed by atoms with Gasteiger partial charge >= 0.3 is 0 Å². The number of nitrogens with zero attached hydrogens (tertiary/aromatic N) is 3. The molecule has 0 aromatic carbocycles. The topological polar surface area (TPSA) is 65.8 Å². The third kappa shape index (κ3) is 3.40. The minimum absolute atomic E-state index is 0.0139. The molecule has 1 amide bonds. The summed E-state index contributed by atoms with van der Waals surface area (Å²) in [5, 5.41) is 4.55. The molecule has 7 heteroatoms. The number of aromatic nitrogens is 2. The summed E-state index contributed by atoms with van der Waals surface area (Å²) in [6.07, 6.45) is 5.34. The van der Waals surface area contributed by atoms with Crippen LogP contribution in [0.15, 0.2) is 12.4 Å². The van der Waals surface area contributed by atoms with Crippen LogP contribution in [0.3, 0.4) is 0 Å². The number of rotatable bonds is 5. The lowest BCUT2D eigenvalue weighted by Crippen LogP contribution is -2.64. The second-order valence-corrected chi connectivity index (χ2v) is 8.41. The van der Waals surface area contributed by atoms with Gasteiger partial charge in [-0.1, -0.05) is 0 Å². The maximum atomic E-state index is 13.0. The Hall–Kier alpha value is -1.44. The average molecular weight is 365 g/mol. The molecule has 0 N–H and O–H groups in total. The fraction of sp³-hybridized carbons (Fsp3) is 0.789. The van der Waals surface area contributed by atoms with Crippen LogP contribution in [-0.2, 0) is 24.5 Å². The van der Waals surface area contributed by atoms with Crippen molar-refractivity contribution in [3.63, 3.8) is 0 Å². The zero-order valence-corrected chi connectivity index (χ0v) is 16.5. The van der Waals surface area contributed by atoms with Crippen molar-refractivity contribution in [2.24, 2.45) is 5.41 Å². The first-order chi connectivity index (χ1) is 12.3. The van der Waals surface area contributed by atoms with Crippen LogP contribution in [0.1, 0.15) is 45.2 Å². The molecule has 1 spiro atoms. The zero-order valence-electron chi connectivity index (χ0n) is 16.5. The molecule has 1 aromatic heterocycles. The second-order valence-electron chi connectivity index (χ2n) is 8.41. The molecule has 2 aliphatic rings. The predicted octanol–water partition coefficient (Wildman–Crippen LogP) is 1.98. The van der Waals surface area contributed by atoms with Gasteiger partial charge in [0, 0.05) is 51.2 Å². The SMILES string of the molecule is COCC(OC)C(=O)N1CC2(CCOCC2)C1c1cnn(C(C)(C)C)c1. The van der Waals surface area contributed by atoms with Crippen LogP contribution in [0.4, 0.5) is 0 Å². The van der Waals surface area contributed by atoms with Gasteiger partial charge in [-0.2, -0.15) is 5.10 Å². The number of methoxy groups -OCH3 is 2. The van der Waals surface area contributed by atoms with Crippen molar-refractivity contribution in [2.45, 2.75) is 51.3 Å². The number of hydrogen-bond donors (Lipinski definition) is 0. The quantitative estimate of drug-likeness (QED) is 0.798. The first-order valence-corrected chi connectivity index (χ1v) is 9.27. The van der Waals surface area contributed by atoms with E-state index < -0.39 is 6.10 Å². The van der Waals surface area contributed by atoms with Gasteiger partial charge in [-0.05, 0) is 33.6 Å². The summed E-state index contributed by atoms with van der Waals surface area (Å²) in [7, 11) is 3.14. The highest BCUT2D eigenvalue weighted by Gasteiger charge is 2.56. The van der Waals surface area contributed by atoms with Gasteiger partial charge in [0.1, 0.15) is 0 Å². The molecular weight excluding hydrogens is 334 g/mol. The highest BCUT2D eigenvalue weighted by atomic mass is 16.5. The van der Waals surface area contributed by atoms with Gasteiger partial charge in [-0.3, -0.25) is 9.48 Å². The van der Waals surface area contributed by atoms with Gasteiger partial charge in [0.25, 0.3) is 5.91 Å². The van der Waals surface area contributed by atoms with Gasteiger partial charge in [0.2, 0.25) is 0 Å². The average Bonchev–Trinajstić information content (AvgIpc) is 3.07. The van der Waals surface area contributed by atoms with Crippen molar-refractivity contribution in [1.29, 1.82) is 0 Å². The lowest BCUT2D eigenvalue weighted by molar-refractivity contribution is -0.180. The summed E-state index contributed by atoms with van der Waals surface area (Å²) in [4.78, 5) is 15.0. The number of carbonyl (C=O) groups excluding carboxylic acids is 1. The fourth-order valence-corrected chi connectivity index (χ4v) is 4.10. The minimum atomic E-state index is -0.572. The van der Waals surface area contributed by atoms with E-state index >= 15 is 0 Å². The predicted molar refractivity (Wildman–Crippen MR) is 96.8 cm³/mol. The summed E-state index contributed by atoms with van der Waals surface area (Å²) < 4.78 is 18.1. The summed E-state index contributed by atoms with van der Waals surface area (Å²) in [5.74, 6) is -0.0139. The lowest BCUT2D eigenvalue weighted by atomic mass is 9.64. The van der Waals surface area contributed by atoms with Gasteiger partial charge in [0.05, 0.1) is 24.4 Å². The van der Waals surface area contributed by atoms with Crippen molar-refractivity contribution >= 4 is 5.91 Å². The molecule has 1 aromatic rings. The van der Waals surface area contributed by atoms with Gasteiger partial charge in [-0.15, -0.1) is 0 Å². The third-order valence-corrected chi connectivity index (χ3v) is 5.63. The van der Waals surface area contributed by atoms with Gasteiger partial charge < -0.3 is 19.1 Å². The van der Waals surface area contributed by atoms with Crippen LogP contribution in [0.5, 0.6) is 0 Å². The Morgan fingerprint density at radius 1 is 1.38 bits per heavy atom. The molecule has 0 aliphatic carbocycles. The zero-order chi connectivity index (χ0) is 18.9. The maximum Gasteiger partial charge on any atom is 0.254 e. The molecule has 7 nitrogen and oxygen atoms in total.